The van der Waals surface area contributed by atoms with Crippen molar-refractivity contribution in [3.63, 3.8) is 0 Å². The van der Waals surface area contributed by atoms with Crippen LogP contribution in [0.1, 0.15) is 35.4 Å². The molecule has 0 spiro atoms. The number of aromatic nitrogens is 2. The van der Waals surface area contributed by atoms with Gasteiger partial charge in [-0.05, 0) is 62.7 Å². The summed E-state index contributed by atoms with van der Waals surface area (Å²) in [5.74, 6) is 0.712. The van der Waals surface area contributed by atoms with E-state index in [0.717, 1.165) is 86.9 Å². The highest BCUT2D eigenvalue weighted by Gasteiger charge is 2.25. The van der Waals surface area contributed by atoms with Crippen LogP contribution in [0.5, 0.6) is 0 Å². The number of nitrogens with zero attached hydrogens (tertiary/aromatic N) is 4. The van der Waals surface area contributed by atoms with Crippen molar-refractivity contribution in [2.45, 2.75) is 32.2 Å². The van der Waals surface area contributed by atoms with Gasteiger partial charge in [0.1, 0.15) is 11.5 Å². The highest BCUT2D eigenvalue weighted by atomic mass is 35.5. The number of rotatable bonds is 4. The van der Waals surface area contributed by atoms with Crippen LogP contribution in [0.15, 0.2) is 48.5 Å². The van der Waals surface area contributed by atoms with Crippen LogP contribution < -0.4 is 10.2 Å². The SMILES string of the molecule is CN1CCN(c2ccccc2NC(=O)c2nc(-c3ccc(Cl)cc3)n3c2CCCCC3)CC1. The summed E-state index contributed by atoms with van der Waals surface area (Å²) in [4.78, 5) is 23.1. The van der Waals surface area contributed by atoms with Crippen molar-refractivity contribution in [3.8, 4) is 11.4 Å². The summed E-state index contributed by atoms with van der Waals surface area (Å²) in [5.41, 5.74) is 4.47. The number of nitrogens with one attached hydrogen (secondary N) is 1. The molecule has 3 aromatic rings. The average molecular weight is 464 g/mol. The second-order valence-corrected chi connectivity index (χ2v) is 9.40. The number of anilines is 2. The van der Waals surface area contributed by atoms with E-state index in [1.165, 1.54) is 0 Å². The standard InChI is InChI=1S/C26H30ClN5O/c1-30-15-17-31(18-16-30)22-8-5-4-7-21(22)28-26(33)24-23-9-3-2-6-14-32(23)25(29-24)19-10-12-20(27)13-11-19/h4-5,7-8,10-13H,2-3,6,9,14-18H2,1H3,(H,28,33). The van der Waals surface area contributed by atoms with Crippen molar-refractivity contribution in [1.82, 2.24) is 14.5 Å². The molecule has 0 radical (unpaired) electrons. The van der Waals surface area contributed by atoms with Gasteiger partial charge in [-0.25, -0.2) is 4.98 Å². The first-order valence-electron chi connectivity index (χ1n) is 11.8. The molecule has 0 atom stereocenters. The Labute approximate surface area is 200 Å². The van der Waals surface area contributed by atoms with Crippen molar-refractivity contribution < 1.29 is 4.79 Å². The van der Waals surface area contributed by atoms with E-state index in [0.29, 0.717) is 10.7 Å². The molecule has 1 fully saturated rings. The van der Waals surface area contributed by atoms with Crippen molar-refractivity contribution in [3.05, 3.63) is 64.9 Å². The number of likely N-dealkylation sites (N-methyl/N-ethyl adjacent to an activating group) is 1. The molecule has 3 heterocycles. The third-order valence-corrected chi connectivity index (χ3v) is 6.93. The molecule has 1 amide bonds. The Morgan fingerprint density at radius 2 is 1.70 bits per heavy atom. The maximum Gasteiger partial charge on any atom is 0.276 e. The molecule has 2 aliphatic heterocycles. The first-order chi connectivity index (χ1) is 16.1. The number of benzene rings is 2. The van der Waals surface area contributed by atoms with E-state index in [2.05, 4.69) is 32.8 Å². The lowest BCUT2D eigenvalue weighted by Gasteiger charge is -2.35. The number of carbonyl (C=O) groups is 1. The zero-order valence-electron chi connectivity index (χ0n) is 19.1. The van der Waals surface area contributed by atoms with Gasteiger partial charge in [0.25, 0.3) is 5.91 Å². The highest BCUT2D eigenvalue weighted by molar-refractivity contribution is 6.30. The van der Waals surface area contributed by atoms with Gasteiger partial charge in [0.15, 0.2) is 0 Å². The van der Waals surface area contributed by atoms with Gasteiger partial charge >= 0.3 is 0 Å². The summed E-state index contributed by atoms with van der Waals surface area (Å²) in [6, 6.07) is 15.8. The number of para-hydroxylation sites is 2. The molecule has 2 aromatic carbocycles. The average Bonchev–Trinajstić information content (AvgIpc) is 3.02. The molecular formula is C26H30ClN5O. The Bertz CT molecular complexity index is 1130. The van der Waals surface area contributed by atoms with Gasteiger partial charge < -0.3 is 19.7 Å². The van der Waals surface area contributed by atoms with Crippen molar-refractivity contribution in [2.24, 2.45) is 0 Å². The lowest BCUT2D eigenvalue weighted by Crippen LogP contribution is -2.44. The zero-order valence-corrected chi connectivity index (χ0v) is 19.8. The van der Waals surface area contributed by atoms with Gasteiger partial charge in [-0.15, -0.1) is 0 Å². The normalized spacial score (nSPS) is 16.8. The fraction of sp³-hybridized carbons (Fsp3) is 0.385. The fourth-order valence-electron chi connectivity index (χ4n) is 4.80. The maximum atomic E-state index is 13.5. The fourth-order valence-corrected chi connectivity index (χ4v) is 4.93. The third kappa shape index (κ3) is 4.63. The number of amides is 1. The van der Waals surface area contributed by atoms with Gasteiger partial charge in [0, 0.05) is 43.3 Å². The molecule has 172 valence electrons. The number of piperazine rings is 1. The first-order valence-corrected chi connectivity index (χ1v) is 12.2. The molecule has 0 bridgehead atoms. The minimum atomic E-state index is -0.137. The quantitative estimate of drug-likeness (QED) is 0.595. The highest BCUT2D eigenvalue weighted by Crippen LogP contribution is 2.30. The minimum absolute atomic E-state index is 0.137. The summed E-state index contributed by atoms with van der Waals surface area (Å²) in [7, 11) is 2.15. The second-order valence-electron chi connectivity index (χ2n) is 8.96. The summed E-state index contributed by atoms with van der Waals surface area (Å²) in [6.45, 7) is 4.81. The Kier molecular flexibility index (Phi) is 6.38. The van der Waals surface area contributed by atoms with Crippen LogP contribution in [-0.2, 0) is 13.0 Å². The van der Waals surface area contributed by atoms with E-state index >= 15 is 0 Å². The molecule has 2 aliphatic rings. The summed E-state index contributed by atoms with van der Waals surface area (Å²) in [6.07, 6.45) is 4.19. The predicted molar refractivity (Wildman–Crippen MR) is 134 cm³/mol. The first kappa shape index (κ1) is 22.0. The van der Waals surface area contributed by atoms with Gasteiger partial charge in [0.2, 0.25) is 0 Å². The monoisotopic (exact) mass is 463 g/mol. The van der Waals surface area contributed by atoms with Gasteiger partial charge in [-0.2, -0.15) is 0 Å². The van der Waals surface area contributed by atoms with Crippen molar-refractivity contribution in [1.29, 1.82) is 0 Å². The van der Waals surface area contributed by atoms with E-state index in [-0.39, 0.29) is 5.91 Å². The molecule has 1 N–H and O–H groups in total. The van der Waals surface area contributed by atoms with Gasteiger partial charge in [-0.1, -0.05) is 30.2 Å². The van der Waals surface area contributed by atoms with Gasteiger partial charge in [-0.3, -0.25) is 4.79 Å². The summed E-state index contributed by atoms with van der Waals surface area (Å²) >= 11 is 6.10. The lowest BCUT2D eigenvalue weighted by molar-refractivity contribution is 0.102. The number of hydrogen-bond donors (Lipinski definition) is 1. The predicted octanol–water partition coefficient (Wildman–Crippen LogP) is 4.93. The lowest BCUT2D eigenvalue weighted by atomic mass is 10.1. The van der Waals surface area contributed by atoms with Crippen LogP contribution in [0.3, 0.4) is 0 Å². The maximum absolute atomic E-state index is 13.5. The van der Waals surface area contributed by atoms with E-state index in [9.17, 15) is 4.79 Å². The molecule has 0 unspecified atom stereocenters. The summed E-state index contributed by atoms with van der Waals surface area (Å²) in [5, 5.41) is 3.88. The number of imidazole rings is 1. The van der Waals surface area contributed by atoms with E-state index in [1.807, 2.05) is 42.5 Å². The molecule has 6 nitrogen and oxygen atoms in total. The molecular weight excluding hydrogens is 434 g/mol. The third-order valence-electron chi connectivity index (χ3n) is 6.68. The Morgan fingerprint density at radius 3 is 2.48 bits per heavy atom. The number of halogens is 1. The van der Waals surface area contributed by atoms with Crippen molar-refractivity contribution >= 4 is 28.9 Å². The largest absolute Gasteiger partial charge is 0.367 e. The van der Waals surface area contributed by atoms with Gasteiger partial charge in [0.05, 0.1) is 17.1 Å². The molecule has 33 heavy (non-hydrogen) atoms. The molecule has 0 saturated carbocycles. The Balaban J connectivity index is 1.47. The molecule has 5 rings (SSSR count). The van der Waals surface area contributed by atoms with Crippen LogP contribution in [-0.4, -0.2) is 53.6 Å². The molecule has 7 heteroatoms. The number of hydrogen-bond acceptors (Lipinski definition) is 4. The van der Waals surface area contributed by atoms with Crippen LogP contribution in [0.4, 0.5) is 11.4 Å². The molecule has 1 saturated heterocycles. The zero-order chi connectivity index (χ0) is 22.8. The Hall–Kier alpha value is -2.83. The van der Waals surface area contributed by atoms with Crippen LogP contribution >= 0.6 is 11.6 Å². The van der Waals surface area contributed by atoms with Crippen LogP contribution in [0, 0.1) is 0 Å². The minimum Gasteiger partial charge on any atom is -0.367 e. The van der Waals surface area contributed by atoms with Crippen molar-refractivity contribution in [2.75, 3.05) is 43.4 Å². The van der Waals surface area contributed by atoms with E-state index in [4.69, 9.17) is 16.6 Å². The number of carbonyl (C=O) groups excluding carboxylic acids is 1. The smallest absolute Gasteiger partial charge is 0.276 e. The molecule has 0 aliphatic carbocycles. The Morgan fingerprint density at radius 1 is 0.939 bits per heavy atom. The van der Waals surface area contributed by atoms with E-state index < -0.39 is 0 Å². The van der Waals surface area contributed by atoms with Crippen LogP contribution in [0.2, 0.25) is 5.02 Å². The second kappa shape index (κ2) is 9.57. The van der Waals surface area contributed by atoms with Crippen LogP contribution in [0.25, 0.3) is 11.4 Å². The van der Waals surface area contributed by atoms with E-state index in [1.54, 1.807) is 0 Å². The number of fused-ring (bicyclic) bond motifs is 1. The molecule has 1 aromatic heterocycles. The topological polar surface area (TPSA) is 53.4 Å². The summed E-state index contributed by atoms with van der Waals surface area (Å²) < 4.78 is 2.23.